The molecule has 2 fully saturated rings. The molecule has 3 heteroatoms. The van der Waals surface area contributed by atoms with Crippen molar-refractivity contribution in [3.8, 4) is 0 Å². The molecule has 1 saturated heterocycles. The molecule has 2 rings (SSSR count). The molecule has 82 valence electrons. The van der Waals surface area contributed by atoms with Crippen LogP contribution in [0, 0.1) is 0 Å². The van der Waals surface area contributed by atoms with Crippen LogP contribution < -0.4 is 5.48 Å². The molecule has 0 aromatic carbocycles. The first-order valence-corrected chi connectivity index (χ1v) is 5.95. The summed E-state index contributed by atoms with van der Waals surface area (Å²) < 4.78 is 5.53. The van der Waals surface area contributed by atoms with E-state index in [-0.39, 0.29) is 0 Å². The van der Waals surface area contributed by atoms with Gasteiger partial charge in [0.05, 0.1) is 12.2 Å². The van der Waals surface area contributed by atoms with Crippen LogP contribution in [-0.4, -0.2) is 25.4 Å². The van der Waals surface area contributed by atoms with E-state index in [1.165, 1.54) is 38.5 Å². The van der Waals surface area contributed by atoms with Gasteiger partial charge in [-0.2, -0.15) is 0 Å². The molecular formula is C11H21NO2. The molecule has 2 aliphatic rings. The van der Waals surface area contributed by atoms with Gasteiger partial charge in [-0.1, -0.05) is 12.8 Å². The third kappa shape index (κ3) is 3.23. The van der Waals surface area contributed by atoms with Gasteiger partial charge in [-0.25, -0.2) is 5.48 Å². The lowest BCUT2D eigenvalue weighted by Crippen LogP contribution is -2.25. The smallest absolute Gasteiger partial charge is 0.0790 e. The van der Waals surface area contributed by atoms with Crippen LogP contribution in [-0.2, 0) is 9.57 Å². The molecule has 3 nitrogen and oxygen atoms in total. The first-order chi connectivity index (χ1) is 6.95. The predicted octanol–water partition coefficient (Wildman–Crippen LogP) is 2.02. The van der Waals surface area contributed by atoms with Gasteiger partial charge in [-0.15, -0.1) is 0 Å². The molecule has 1 N–H and O–H groups in total. The van der Waals surface area contributed by atoms with Crippen LogP contribution in [0.4, 0.5) is 0 Å². The molecule has 14 heavy (non-hydrogen) atoms. The van der Waals surface area contributed by atoms with Gasteiger partial charge in [0.2, 0.25) is 0 Å². The molecule has 1 atom stereocenters. The van der Waals surface area contributed by atoms with E-state index in [2.05, 4.69) is 5.48 Å². The average molecular weight is 199 g/mol. The highest BCUT2D eigenvalue weighted by Gasteiger charge is 2.17. The molecule has 1 aliphatic carbocycles. The van der Waals surface area contributed by atoms with Crippen molar-refractivity contribution in [2.24, 2.45) is 0 Å². The topological polar surface area (TPSA) is 30.5 Å². The summed E-state index contributed by atoms with van der Waals surface area (Å²) in [7, 11) is 0. The summed E-state index contributed by atoms with van der Waals surface area (Å²) in [5, 5.41) is 0. The summed E-state index contributed by atoms with van der Waals surface area (Å²) in [5.41, 5.74) is 3.07. The summed E-state index contributed by atoms with van der Waals surface area (Å²) in [6, 6.07) is 0. The zero-order valence-electron chi connectivity index (χ0n) is 8.84. The third-order valence-electron chi connectivity index (χ3n) is 3.14. The van der Waals surface area contributed by atoms with E-state index in [9.17, 15) is 0 Å². The maximum Gasteiger partial charge on any atom is 0.0790 e. The summed E-state index contributed by atoms with van der Waals surface area (Å²) in [6.45, 7) is 1.88. The molecule has 1 aliphatic heterocycles. The summed E-state index contributed by atoms with van der Waals surface area (Å²) in [6.07, 6.45) is 9.62. The van der Waals surface area contributed by atoms with E-state index < -0.39 is 0 Å². The van der Waals surface area contributed by atoms with Crippen molar-refractivity contribution >= 4 is 0 Å². The van der Waals surface area contributed by atoms with Gasteiger partial charge in [0.15, 0.2) is 0 Å². The Morgan fingerprint density at radius 3 is 2.71 bits per heavy atom. The molecule has 0 amide bonds. The van der Waals surface area contributed by atoms with Gasteiger partial charge in [0.25, 0.3) is 0 Å². The molecule has 0 bridgehead atoms. The second-order valence-corrected chi connectivity index (χ2v) is 4.34. The second kappa shape index (κ2) is 5.69. The van der Waals surface area contributed by atoms with Crippen LogP contribution in [0.3, 0.4) is 0 Å². The summed E-state index contributed by atoms with van der Waals surface area (Å²) >= 11 is 0. The minimum absolute atomic E-state index is 0.472. The molecule has 0 aromatic rings. The highest BCUT2D eigenvalue weighted by atomic mass is 16.7. The fraction of sp³-hybridized carbons (Fsp3) is 1.00. The number of nitrogens with one attached hydrogen (secondary N) is 1. The second-order valence-electron chi connectivity index (χ2n) is 4.34. The Bertz CT molecular complexity index is 133. The maximum absolute atomic E-state index is 5.56. The van der Waals surface area contributed by atoms with Crippen LogP contribution in [0.1, 0.15) is 44.9 Å². The van der Waals surface area contributed by atoms with E-state index in [4.69, 9.17) is 9.57 Å². The van der Waals surface area contributed by atoms with Gasteiger partial charge in [0.1, 0.15) is 0 Å². The Morgan fingerprint density at radius 1 is 1.14 bits per heavy atom. The van der Waals surface area contributed by atoms with Crippen molar-refractivity contribution in [2.45, 2.75) is 57.2 Å². The van der Waals surface area contributed by atoms with Crippen LogP contribution in [0.15, 0.2) is 0 Å². The van der Waals surface area contributed by atoms with Crippen LogP contribution in [0.25, 0.3) is 0 Å². The molecule has 1 heterocycles. The molecule has 0 spiro atoms. The lowest BCUT2D eigenvalue weighted by Gasteiger charge is -2.13. The zero-order valence-corrected chi connectivity index (χ0v) is 8.84. The first kappa shape index (κ1) is 10.4. The quantitative estimate of drug-likeness (QED) is 0.543. The van der Waals surface area contributed by atoms with E-state index in [1.54, 1.807) is 0 Å². The van der Waals surface area contributed by atoms with Gasteiger partial charge >= 0.3 is 0 Å². The largest absolute Gasteiger partial charge is 0.378 e. The first-order valence-electron chi connectivity index (χ1n) is 5.95. The van der Waals surface area contributed by atoms with Gasteiger partial charge in [-0.3, -0.25) is 4.84 Å². The maximum atomic E-state index is 5.56. The van der Waals surface area contributed by atoms with Crippen LogP contribution in [0.5, 0.6) is 0 Å². The van der Waals surface area contributed by atoms with Crippen LogP contribution >= 0.6 is 0 Å². The molecule has 0 radical (unpaired) electrons. The lowest BCUT2D eigenvalue weighted by atomic mass is 10.2. The van der Waals surface area contributed by atoms with Crippen LogP contribution in [0.2, 0.25) is 0 Å². The van der Waals surface area contributed by atoms with Gasteiger partial charge in [0, 0.05) is 13.2 Å². The normalized spacial score (nSPS) is 28.7. The highest BCUT2D eigenvalue weighted by Crippen LogP contribution is 2.20. The Kier molecular flexibility index (Phi) is 4.22. The van der Waals surface area contributed by atoms with Crippen molar-refractivity contribution in [3.63, 3.8) is 0 Å². The Labute approximate surface area is 86.1 Å². The third-order valence-corrected chi connectivity index (χ3v) is 3.14. The molecule has 1 unspecified atom stereocenters. The number of rotatable bonds is 5. The van der Waals surface area contributed by atoms with Crippen molar-refractivity contribution in [1.82, 2.24) is 5.48 Å². The minimum atomic E-state index is 0.472. The van der Waals surface area contributed by atoms with E-state index >= 15 is 0 Å². The summed E-state index contributed by atoms with van der Waals surface area (Å²) in [5.74, 6) is 0. The minimum Gasteiger partial charge on any atom is -0.378 e. The predicted molar refractivity (Wildman–Crippen MR) is 54.9 cm³/mol. The molecule has 1 saturated carbocycles. The standard InChI is InChI=1S/C11H21NO2/c1-2-5-11(4-1)14-12-8-7-10-6-3-9-13-10/h10-12H,1-9H2. The van der Waals surface area contributed by atoms with Crippen molar-refractivity contribution < 1.29 is 9.57 Å². The Balaban J connectivity index is 1.46. The van der Waals surface area contributed by atoms with E-state index in [1.807, 2.05) is 0 Å². The van der Waals surface area contributed by atoms with Gasteiger partial charge in [-0.05, 0) is 32.1 Å². The van der Waals surface area contributed by atoms with Crippen molar-refractivity contribution in [1.29, 1.82) is 0 Å². The number of ether oxygens (including phenoxy) is 1. The lowest BCUT2D eigenvalue weighted by molar-refractivity contribution is -0.0265. The number of hydrogen-bond donors (Lipinski definition) is 1. The number of hydrogen-bond acceptors (Lipinski definition) is 3. The average Bonchev–Trinajstić information content (AvgIpc) is 2.86. The fourth-order valence-corrected chi connectivity index (χ4v) is 2.27. The SMILES string of the molecule is C1COC(CCNOC2CCCC2)C1. The highest BCUT2D eigenvalue weighted by molar-refractivity contribution is 4.67. The monoisotopic (exact) mass is 199 g/mol. The number of hydroxylamine groups is 1. The summed E-state index contributed by atoms with van der Waals surface area (Å²) in [4.78, 5) is 5.56. The zero-order chi connectivity index (χ0) is 9.64. The van der Waals surface area contributed by atoms with E-state index in [0.717, 1.165) is 19.6 Å². The Hall–Kier alpha value is -0.120. The van der Waals surface area contributed by atoms with Crippen molar-refractivity contribution in [2.75, 3.05) is 13.2 Å². The molecular weight excluding hydrogens is 178 g/mol. The van der Waals surface area contributed by atoms with Gasteiger partial charge < -0.3 is 4.74 Å². The Morgan fingerprint density at radius 2 is 2.00 bits per heavy atom. The van der Waals surface area contributed by atoms with Crippen molar-refractivity contribution in [3.05, 3.63) is 0 Å². The fourth-order valence-electron chi connectivity index (χ4n) is 2.27. The van der Waals surface area contributed by atoms with E-state index in [0.29, 0.717) is 12.2 Å². The molecule has 0 aromatic heterocycles.